The molecule has 23 heavy (non-hydrogen) atoms. The molecule has 114 valence electrons. The van der Waals surface area contributed by atoms with E-state index in [1.807, 2.05) is 30.3 Å². The summed E-state index contributed by atoms with van der Waals surface area (Å²) in [4.78, 5) is 16.5. The van der Waals surface area contributed by atoms with Crippen molar-refractivity contribution in [3.05, 3.63) is 71.9 Å². The molecule has 0 saturated heterocycles. The summed E-state index contributed by atoms with van der Waals surface area (Å²) in [6.07, 6.45) is 0. The van der Waals surface area contributed by atoms with Crippen molar-refractivity contribution in [2.45, 2.75) is 6.92 Å². The van der Waals surface area contributed by atoms with Gasteiger partial charge in [-0.2, -0.15) is 5.10 Å². The number of pyridine rings is 1. The number of carbonyl (C=O) groups excluding carboxylic acids is 1. The molecule has 3 rings (SSSR count). The topological polar surface area (TPSA) is 74.6 Å². The zero-order chi connectivity index (χ0) is 16.2. The fourth-order valence-electron chi connectivity index (χ4n) is 2.22. The molecule has 0 fully saturated rings. The lowest BCUT2D eigenvalue weighted by Gasteiger charge is -2.05. The summed E-state index contributed by atoms with van der Waals surface area (Å²) in [5.74, 6) is -0.280. The largest absolute Gasteiger partial charge is 0.507 e. The van der Waals surface area contributed by atoms with Crippen molar-refractivity contribution in [2.75, 3.05) is 0 Å². The summed E-state index contributed by atoms with van der Waals surface area (Å²) >= 11 is 0. The Morgan fingerprint density at radius 3 is 2.61 bits per heavy atom. The third kappa shape index (κ3) is 3.18. The molecular formula is C18H15N3O2. The monoisotopic (exact) mass is 305 g/mol. The van der Waals surface area contributed by atoms with Crippen molar-refractivity contribution < 1.29 is 9.90 Å². The van der Waals surface area contributed by atoms with Crippen molar-refractivity contribution in [1.82, 2.24) is 10.4 Å². The van der Waals surface area contributed by atoms with Crippen LogP contribution in [-0.2, 0) is 0 Å². The summed E-state index contributed by atoms with van der Waals surface area (Å²) < 4.78 is 0. The maximum atomic E-state index is 12.2. The van der Waals surface area contributed by atoms with E-state index < -0.39 is 5.91 Å². The molecule has 0 aliphatic heterocycles. The quantitative estimate of drug-likeness (QED) is 0.577. The summed E-state index contributed by atoms with van der Waals surface area (Å²) in [6, 6.07) is 17.9. The van der Waals surface area contributed by atoms with Crippen LogP contribution in [0.1, 0.15) is 23.0 Å². The van der Waals surface area contributed by atoms with Crippen molar-refractivity contribution in [3.63, 3.8) is 0 Å². The Morgan fingerprint density at radius 1 is 1.04 bits per heavy atom. The Balaban J connectivity index is 1.80. The number of rotatable bonds is 3. The molecular weight excluding hydrogens is 290 g/mol. The number of aromatic nitrogens is 1. The first-order valence-electron chi connectivity index (χ1n) is 7.14. The van der Waals surface area contributed by atoms with Gasteiger partial charge in [0, 0.05) is 10.9 Å². The van der Waals surface area contributed by atoms with Gasteiger partial charge in [-0.1, -0.05) is 36.4 Å². The fraction of sp³-hybridized carbons (Fsp3) is 0.0556. The Morgan fingerprint density at radius 2 is 1.78 bits per heavy atom. The zero-order valence-electron chi connectivity index (χ0n) is 12.5. The van der Waals surface area contributed by atoms with E-state index in [2.05, 4.69) is 15.5 Å². The number of phenolic OH excluding ortho intramolecular Hbond substituents is 1. The first-order valence-corrected chi connectivity index (χ1v) is 7.14. The number of carbonyl (C=O) groups is 1. The number of benzene rings is 2. The number of phenols is 1. The lowest BCUT2D eigenvalue weighted by molar-refractivity contribution is 0.0950. The number of nitrogens with zero attached hydrogens (tertiary/aromatic N) is 2. The Labute approximate surface area is 133 Å². The highest BCUT2D eigenvalue weighted by atomic mass is 16.3. The lowest BCUT2D eigenvalue weighted by atomic mass is 10.1. The predicted octanol–water partition coefficient (Wildman–Crippen LogP) is 3.09. The standard InChI is InChI=1S/C18H15N3O2/c1-12(14-7-3-5-9-17(14)22)20-21-18(23)16-11-10-13-6-2-4-8-15(13)19-16/h2-11,22H,1H3,(H,21,23). The van der Waals surface area contributed by atoms with Gasteiger partial charge in [-0.3, -0.25) is 4.79 Å². The SMILES string of the molecule is CC(=NNC(=O)c1ccc2ccccc2n1)c1ccccc1O. The van der Waals surface area contributed by atoms with Crippen LogP contribution in [0.15, 0.2) is 65.8 Å². The number of amides is 1. The second kappa shape index (κ2) is 6.27. The predicted molar refractivity (Wildman–Crippen MR) is 89.5 cm³/mol. The van der Waals surface area contributed by atoms with Gasteiger partial charge in [0.25, 0.3) is 5.91 Å². The van der Waals surface area contributed by atoms with Crippen LogP contribution < -0.4 is 5.43 Å². The van der Waals surface area contributed by atoms with Crippen LogP contribution in [0, 0.1) is 0 Å². The fourth-order valence-corrected chi connectivity index (χ4v) is 2.22. The van der Waals surface area contributed by atoms with Crippen molar-refractivity contribution in [3.8, 4) is 5.75 Å². The van der Waals surface area contributed by atoms with Gasteiger partial charge in [-0.05, 0) is 31.2 Å². The minimum Gasteiger partial charge on any atom is -0.507 e. The summed E-state index contributed by atoms with van der Waals surface area (Å²) in [7, 11) is 0. The highest BCUT2D eigenvalue weighted by molar-refractivity contribution is 6.02. The van der Waals surface area contributed by atoms with Gasteiger partial charge in [-0.25, -0.2) is 10.4 Å². The molecule has 0 aliphatic rings. The summed E-state index contributed by atoms with van der Waals surface area (Å²) in [6.45, 7) is 1.71. The summed E-state index contributed by atoms with van der Waals surface area (Å²) in [5, 5.41) is 14.8. The first-order chi connectivity index (χ1) is 11.1. The average molecular weight is 305 g/mol. The number of aromatic hydroxyl groups is 1. The minimum atomic E-state index is -0.398. The third-order valence-electron chi connectivity index (χ3n) is 3.45. The summed E-state index contributed by atoms with van der Waals surface area (Å²) in [5.41, 5.74) is 4.59. The van der Waals surface area contributed by atoms with Crippen LogP contribution in [0.3, 0.4) is 0 Å². The second-order valence-electron chi connectivity index (χ2n) is 5.04. The average Bonchev–Trinajstić information content (AvgIpc) is 2.59. The van der Waals surface area contributed by atoms with Crippen molar-refractivity contribution in [1.29, 1.82) is 0 Å². The van der Waals surface area contributed by atoms with Gasteiger partial charge in [0.2, 0.25) is 0 Å². The van der Waals surface area contributed by atoms with Gasteiger partial charge in [0.1, 0.15) is 11.4 Å². The van der Waals surface area contributed by atoms with E-state index >= 15 is 0 Å². The van der Waals surface area contributed by atoms with Crippen LogP contribution in [0.25, 0.3) is 10.9 Å². The van der Waals surface area contributed by atoms with Gasteiger partial charge < -0.3 is 5.11 Å². The maximum absolute atomic E-state index is 12.2. The molecule has 1 aromatic heterocycles. The highest BCUT2D eigenvalue weighted by Gasteiger charge is 2.08. The van der Waals surface area contributed by atoms with Crippen LogP contribution in [-0.4, -0.2) is 21.7 Å². The Kier molecular flexibility index (Phi) is 4.01. The van der Waals surface area contributed by atoms with E-state index in [1.165, 1.54) is 0 Å². The molecule has 3 aromatic rings. The number of para-hydroxylation sites is 2. The van der Waals surface area contributed by atoms with E-state index in [-0.39, 0.29) is 11.4 Å². The van der Waals surface area contributed by atoms with Crippen LogP contribution in [0.2, 0.25) is 0 Å². The van der Waals surface area contributed by atoms with E-state index in [1.54, 1.807) is 37.3 Å². The molecule has 0 spiro atoms. The number of hydrazone groups is 1. The molecule has 1 amide bonds. The normalized spacial score (nSPS) is 11.4. The molecule has 0 saturated carbocycles. The third-order valence-corrected chi connectivity index (χ3v) is 3.45. The van der Waals surface area contributed by atoms with E-state index in [4.69, 9.17) is 0 Å². The molecule has 0 aliphatic carbocycles. The Bertz CT molecular complexity index is 903. The van der Waals surface area contributed by atoms with Gasteiger partial charge in [0.15, 0.2) is 0 Å². The van der Waals surface area contributed by atoms with E-state index in [9.17, 15) is 9.90 Å². The van der Waals surface area contributed by atoms with E-state index in [0.29, 0.717) is 11.3 Å². The lowest BCUT2D eigenvalue weighted by Crippen LogP contribution is -2.20. The van der Waals surface area contributed by atoms with Crippen LogP contribution in [0.5, 0.6) is 5.75 Å². The van der Waals surface area contributed by atoms with Gasteiger partial charge in [0.05, 0.1) is 11.2 Å². The first kappa shape index (κ1) is 14.7. The molecule has 5 nitrogen and oxygen atoms in total. The smallest absolute Gasteiger partial charge is 0.289 e. The van der Waals surface area contributed by atoms with E-state index in [0.717, 1.165) is 10.9 Å². The molecule has 2 aromatic carbocycles. The molecule has 0 radical (unpaired) electrons. The van der Waals surface area contributed by atoms with Gasteiger partial charge in [-0.15, -0.1) is 0 Å². The zero-order valence-corrected chi connectivity index (χ0v) is 12.5. The number of fused-ring (bicyclic) bond motifs is 1. The Hall–Kier alpha value is -3.21. The molecule has 0 unspecified atom stereocenters. The van der Waals surface area contributed by atoms with Crippen molar-refractivity contribution >= 4 is 22.5 Å². The van der Waals surface area contributed by atoms with Gasteiger partial charge >= 0.3 is 0 Å². The number of hydrogen-bond acceptors (Lipinski definition) is 4. The van der Waals surface area contributed by atoms with Crippen LogP contribution >= 0.6 is 0 Å². The minimum absolute atomic E-state index is 0.117. The number of hydrogen-bond donors (Lipinski definition) is 2. The second-order valence-corrected chi connectivity index (χ2v) is 5.04. The molecule has 2 N–H and O–H groups in total. The maximum Gasteiger partial charge on any atom is 0.289 e. The highest BCUT2D eigenvalue weighted by Crippen LogP contribution is 2.16. The number of nitrogens with one attached hydrogen (secondary N) is 1. The van der Waals surface area contributed by atoms with Crippen LogP contribution in [0.4, 0.5) is 0 Å². The molecule has 5 heteroatoms. The van der Waals surface area contributed by atoms with Crippen molar-refractivity contribution in [2.24, 2.45) is 5.10 Å². The molecule has 0 atom stereocenters. The molecule has 1 heterocycles. The molecule has 0 bridgehead atoms.